The minimum atomic E-state index is 0.165. The molecule has 1 unspecified atom stereocenters. The molecule has 21 heavy (non-hydrogen) atoms. The summed E-state index contributed by atoms with van der Waals surface area (Å²) >= 11 is 5.16. The first-order valence-corrected chi connectivity index (χ1v) is 7.30. The summed E-state index contributed by atoms with van der Waals surface area (Å²) in [5.74, 6) is 1.79. The SMILES string of the molecule is Cc1nn(C)c(NC2CCOc3ccccc32)c1C(N)=S. The lowest BCUT2D eigenvalue weighted by molar-refractivity contribution is 0.274. The predicted octanol–water partition coefficient (Wildman–Crippen LogP) is 2.30. The highest BCUT2D eigenvalue weighted by atomic mass is 32.1. The van der Waals surface area contributed by atoms with E-state index in [1.54, 1.807) is 4.68 Å². The van der Waals surface area contributed by atoms with Crippen LogP contribution in [0.3, 0.4) is 0 Å². The van der Waals surface area contributed by atoms with Gasteiger partial charge in [-0.15, -0.1) is 0 Å². The number of hydrogen-bond donors (Lipinski definition) is 2. The van der Waals surface area contributed by atoms with E-state index in [1.165, 1.54) is 0 Å². The van der Waals surface area contributed by atoms with Crippen molar-refractivity contribution in [3.63, 3.8) is 0 Å². The molecule has 110 valence electrons. The van der Waals surface area contributed by atoms with Crippen molar-refractivity contribution in [2.45, 2.75) is 19.4 Å². The lowest BCUT2D eigenvalue weighted by Crippen LogP contribution is -2.23. The van der Waals surface area contributed by atoms with E-state index in [0.717, 1.165) is 34.8 Å². The lowest BCUT2D eigenvalue weighted by Gasteiger charge is -2.27. The van der Waals surface area contributed by atoms with Crippen LogP contribution in [0, 0.1) is 6.92 Å². The van der Waals surface area contributed by atoms with E-state index in [1.807, 2.05) is 32.2 Å². The normalized spacial score (nSPS) is 17.0. The second kappa shape index (κ2) is 5.37. The van der Waals surface area contributed by atoms with Crippen molar-refractivity contribution < 1.29 is 4.74 Å². The van der Waals surface area contributed by atoms with E-state index in [2.05, 4.69) is 16.5 Å². The van der Waals surface area contributed by atoms with Gasteiger partial charge < -0.3 is 15.8 Å². The number of thiocarbonyl (C=S) groups is 1. The average molecular weight is 302 g/mol. The molecule has 5 nitrogen and oxygen atoms in total. The summed E-state index contributed by atoms with van der Waals surface area (Å²) in [6, 6.07) is 8.24. The molecule has 0 saturated carbocycles. The van der Waals surface area contributed by atoms with Crippen molar-refractivity contribution in [1.29, 1.82) is 0 Å². The summed E-state index contributed by atoms with van der Waals surface area (Å²) < 4.78 is 7.49. The number of aryl methyl sites for hydroxylation is 2. The van der Waals surface area contributed by atoms with Gasteiger partial charge in [0.25, 0.3) is 0 Å². The Bertz CT molecular complexity index is 695. The van der Waals surface area contributed by atoms with Gasteiger partial charge in [0.2, 0.25) is 0 Å². The molecule has 0 radical (unpaired) electrons. The number of nitrogens with two attached hydrogens (primary N) is 1. The average Bonchev–Trinajstić information content (AvgIpc) is 2.73. The van der Waals surface area contributed by atoms with Crippen molar-refractivity contribution in [1.82, 2.24) is 9.78 Å². The minimum Gasteiger partial charge on any atom is -0.493 e. The van der Waals surface area contributed by atoms with Crippen LogP contribution < -0.4 is 15.8 Å². The van der Waals surface area contributed by atoms with Gasteiger partial charge in [-0.25, -0.2) is 0 Å². The predicted molar refractivity (Wildman–Crippen MR) is 86.8 cm³/mol. The number of para-hydroxylation sites is 1. The fraction of sp³-hybridized carbons (Fsp3) is 0.333. The molecule has 0 bridgehead atoms. The van der Waals surface area contributed by atoms with Gasteiger partial charge in [0.1, 0.15) is 16.6 Å². The molecule has 0 saturated heterocycles. The Kier molecular flexibility index (Phi) is 3.55. The van der Waals surface area contributed by atoms with Gasteiger partial charge in [0.15, 0.2) is 0 Å². The van der Waals surface area contributed by atoms with Gasteiger partial charge in [-0.3, -0.25) is 4.68 Å². The Morgan fingerprint density at radius 2 is 2.24 bits per heavy atom. The summed E-state index contributed by atoms with van der Waals surface area (Å²) in [5.41, 5.74) is 8.65. The monoisotopic (exact) mass is 302 g/mol. The zero-order chi connectivity index (χ0) is 15.0. The summed E-state index contributed by atoms with van der Waals surface area (Å²) in [4.78, 5) is 0.364. The van der Waals surface area contributed by atoms with Crippen LogP contribution in [0.25, 0.3) is 0 Å². The molecule has 1 atom stereocenters. The molecule has 2 heterocycles. The Balaban J connectivity index is 1.97. The fourth-order valence-corrected chi connectivity index (χ4v) is 3.02. The number of nitrogens with zero attached hydrogens (tertiary/aromatic N) is 2. The van der Waals surface area contributed by atoms with Gasteiger partial charge in [0.05, 0.1) is 23.9 Å². The Morgan fingerprint density at radius 3 is 3.00 bits per heavy atom. The maximum Gasteiger partial charge on any atom is 0.135 e. The highest BCUT2D eigenvalue weighted by Crippen LogP contribution is 2.35. The van der Waals surface area contributed by atoms with Gasteiger partial charge in [-0.2, -0.15) is 5.10 Å². The van der Waals surface area contributed by atoms with E-state index in [-0.39, 0.29) is 6.04 Å². The topological polar surface area (TPSA) is 65.1 Å². The molecule has 1 aliphatic rings. The van der Waals surface area contributed by atoms with Crippen LogP contribution in [0.4, 0.5) is 5.82 Å². The largest absolute Gasteiger partial charge is 0.493 e. The third-order valence-electron chi connectivity index (χ3n) is 3.74. The Hall–Kier alpha value is -2.08. The molecule has 0 aliphatic carbocycles. The van der Waals surface area contributed by atoms with Crippen LogP contribution in [0.2, 0.25) is 0 Å². The molecule has 0 spiro atoms. The Morgan fingerprint density at radius 1 is 1.48 bits per heavy atom. The van der Waals surface area contributed by atoms with E-state index >= 15 is 0 Å². The van der Waals surface area contributed by atoms with E-state index in [9.17, 15) is 0 Å². The first-order valence-electron chi connectivity index (χ1n) is 6.89. The highest BCUT2D eigenvalue weighted by molar-refractivity contribution is 7.80. The smallest absolute Gasteiger partial charge is 0.135 e. The van der Waals surface area contributed by atoms with E-state index < -0.39 is 0 Å². The number of hydrogen-bond acceptors (Lipinski definition) is 4. The maximum absolute atomic E-state index is 5.84. The van der Waals surface area contributed by atoms with Crippen LogP contribution in [-0.2, 0) is 7.05 Å². The fourth-order valence-electron chi connectivity index (χ4n) is 2.78. The third kappa shape index (κ3) is 2.47. The number of nitrogens with one attached hydrogen (secondary N) is 1. The van der Waals surface area contributed by atoms with Crippen molar-refractivity contribution >= 4 is 23.0 Å². The number of rotatable bonds is 3. The van der Waals surface area contributed by atoms with E-state index in [0.29, 0.717) is 11.6 Å². The molecule has 6 heteroatoms. The summed E-state index contributed by atoms with van der Waals surface area (Å²) in [6.07, 6.45) is 0.887. The molecular formula is C15H18N4OS. The van der Waals surface area contributed by atoms with Crippen molar-refractivity contribution in [3.05, 3.63) is 41.1 Å². The van der Waals surface area contributed by atoms with Crippen LogP contribution in [-0.4, -0.2) is 21.4 Å². The first kappa shape index (κ1) is 13.9. The summed E-state index contributed by atoms with van der Waals surface area (Å²) in [6.45, 7) is 2.60. The molecule has 3 N–H and O–H groups in total. The minimum absolute atomic E-state index is 0.165. The maximum atomic E-state index is 5.84. The number of fused-ring (bicyclic) bond motifs is 1. The van der Waals surface area contributed by atoms with Gasteiger partial charge in [-0.05, 0) is 13.0 Å². The van der Waals surface area contributed by atoms with Crippen molar-refractivity contribution in [3.8, 4) is 5.75 Å². The van der Waals surface area contributed by atoms with Crippen LogP contribution in [0.5, 0.6) is 5.75 Å². The van der Waals surface area contributed by atoms with Crippen LogP contribution in [0.1, 0.15) is 29.3 Å². The second-order valence-corrected chi connectivity index (χ2v) is 5.61. The summed E-state index contributed by atoms with van der Waals surface area (Å²) in [7, 11) is 1.89. The zero-order valence-electron chi connectivity index (χ0n) is 12.1. The molecule has 0 amide bonds. The standard InChI is InChI=1S/C15H18N4OS/c1-9-13(14(16)21)15(19(2)18-9)17-11-7-8-20-12-6-4-3-5-10(11)12/h3-6,11,17H,7-8H2,1-2H3,(H2,16,21). The van der Waals surface area contributed by atoms with Gasteiger partial charge in [-0.1, -0.05) is 30.4 Å². The molecular weight excluding hydrogens is 284 g/mol. The Labute approximate surface area is 129 Å². The van der Waals surface area contributed by atoms with Crippen molar-refractivity contribution in [2.24, 2.45) is 12.8 Å². The molecule has 1 aromatic carbocycles. The second-order valence-electron chi connectivity index (χ2n) is 5.17. The van der Waals surface area contributed by atoms with E-state index in [4.69, 9.17) is 22.7 Å². The van der Waals surface area contributed by atoms with Crippen LogP contribution >= 0.6 is 12.2 Å². The van der Waals surface area contributed by atoms with Gasteiger partial charge >= 0.3 is 0 Å². The number of anilines is 1. The quantitative estimate of drug-likeness (QED) is 0.852. The number of ether oxygens (including phenoxy) is 1. The van der Waals surface area contributed by atoms with Gasteiger partial charge in [0, 0.05) is 19.0 Å². The zero-order valence-corrected chi connectivity index (χ0v) is 12.9. The molecule has 3 rings (SSSR count). The highest BCUT2D eigenvalue weighted by Gasteiger charge is 2.24. The molecule has 2 aromatic rings. The molecule has 1 aromatic heterocycles. The third-order valence-corrected chi connectivity index (χ3v) is 3.94. The summed E-state index contributed by atoms with van der Waals surface area (Å²) in [5, 5.41) is 7.94. The number of benzene rings is 1. The van der Waals surface area contributed by atoms with Crippen LogP contribution in [0.15, 0.2) is 24.3 Å². The number of aromatic nitrogens is 2. The van der Waals surface area contributed by atoms with Crippen molar-refractivity contribution in [2.75, 3.05) is 11.9 Å². The lowest BCUT2D eigenvalue weighted by atomic mass is 10.0. The molecule has 0 fully saturated rings. The first-order chi connectivity index (χ1) is 10.1. The molecule has 1 aliphatic heterocycles.